The molecule has 0 aliphatic rings. The summed E-state index contributed by atoms with van der Waals surface area (Å²) >= 11 is 11.9. The molecule has 0 atom stereocenters. The molecular weight excluding hydrogens is 417 g/mol. The smallest absolute Gasteiger partial charge is 0.272 e. The molecule has 0 saturated heterocycles. The van der Waals surface area contributed by atoms with Gasteiger partial charge >= 0.3 is 0 Å². The SMILES string of the molecule is Cc1cc(/C=N/NC(=O)c2ccc(Cl)cc2Cl)c(C)n1-c1ccc(C(C)(C)C)cc1. The van der Waals surface area contributed by atoms with E-state index in [-0.39, 0.29) is 16.3 Å². The van der Waals surface area contributed by atoms with Crippen molar-refractivity contribution in [2.75, 3.05) is 0 Å². The van der Waals surface area contributed by atoms with Crippen LogP contribution in [0.15, 0.2) is 53.6 Å². The minimum atomic E-state index is -0.389. The van der Waals surface area contributed by atoms with Crippen molar-refractivity contribution in [3.05, 3.63) is 86.7 Å². The monoisotopic (exact) mass is 441 g/mol. The number of hydrogen-bond donors (Lipinski definition) is 1. The van der Waals surface area contributed by atoms with Gasteiger partial charge in [-0.3, -0.25) is 4.79 Å². The average Bonchev–Trinajstić information content (AvgIpc) is 2.94. The molecule has 0 bridgehead atoms. The van der Waals surface area contributed by atoms with Gasteiger partial charge in [0.25, 0.3) is 5.91 Å². The van der Waals surface area contributed by atoms with Crippen molar-refractivity contribution in [3.63, 3.8) is 0 Å². The van der Waals surface area contributed by atoms with Gasteiger partial charge in [0.15, 0.2) is 0 Å². The van der Waals surface area contributed by atoms with Gasteiger partial charge < -0.3 is 4.57 Å². The molecule has 0 radical (unpaired) electrons. The number of hydrazone groups is 1. The summed E-state index contributed by atoms with van der Waals surface area (Å²) < 4.78 is 2.17. The van der Waals surface area contributed by atoms with Crippen LogP contribution in [0, 0.1) is 13.8 Å². The van der Waals surface area contributed by atoms with E-state index in [0.717, 1.165) is 22.6 Å². The Kier molecular flexibility index (Phi) is 6.39. The van der Waals surface area contributed by atoms with Crippen LogP contribution in [-0.4, -0.2) is 16.7 Å². The van der Waals surface area contributed by atoms with Crippen molar-refractivity contribution >= 4 is 35.3 Å². The highest BCUT2D eigenvalue weighted by Crippen LogP contribution is 2.25. The van der Waals surface area contributed by atoms with Gasteiger partial charge in [-0.25, -0.2) is 5.43 Å². The van der Waals surface area contributed by atoms with Crippen molar-refractivity contribution in [3.8, 4) is 5.69 Å². The molecule has 3 rings (SSSR count). The number of carbonyl (C=O) groups is 1. The standard InChI is InChI=1S/C24H25Cl2N3O/c1-15-12-17(14-27-28-23(30)21-11-8-19(25)13-22(21)26)16(2)29(15)20-9-6-18(7-10-20)24(3,4)5/h6-14H,1-5H3,(H,28,30)/b27-14+. The topological polar surface area (TPSA) is 46.4 Å². The minimum Gasteiger partial charge on any atom is -0.318 e. The fraction of sp³-hybridized carbons (Fsp3) is 0.250. The Morgan fingerprint density at radius 2 is 1.70 bits per heavy atom. The highest BCUT2D eigenvalue weighted by molar-refractivity contribution is 6.36. The number of benzene rings is 2. The number of nitrogens with one attached hydrogen (secondary N) is 1. The molecule has 1 amide bonds. The van der Waals surface area contributed by atoms with E-state index in [9.17, 15) is 4.79 Å². The number of nitrogens with zero attached hydrogens (tertiary/aromatic N) is 2. The van der Waals surface area contributed by atoms with E-state index in [1.165, 1.54) is 11.6 Å². The molecule has 3 aromatic rings. The van der Waals surface area contributed by atoms with Crippen LogP contribution in [0.2, 0.25) is 10.0 Å². The van der Waals surface area contributed by atoms with Crippen molar-refractivity contribution in [2.24, 2.45) is 5.10 Å². The van der Waals surface area contributed by atoms with Crippen LogP contribution in [-0.2, 0) is 5.41 Å². The Morgan fingerprint density at radius 1 is 1.03 bits per heavy atom. The van der Waals surface area contributed by atoms with Crippen molar-refractivity contribution in [1.29, 1.82) is 0 Å². The first-order chi connectivity index (χ1) is 14.1. The predicted octanol–water partition coefficient (Wildman–Crippen LogP) is 6.46. The second-order valence-electron chi connectivity index (χ2n) is 8.28. The second kappa shape index (κ2) is 8.66. The minimum absolute atomic E-state index is 0.113. The summed E-state index contributed by atoms with van der Waals surface area (Å²) in [6, 6.07) is 15.3. The molecule has 2 aromatic carbocycles. The van der Waals surface area contributed by atoms with E-state index >= 15 is 0 Å². The van der Waals surface area contributed by atoms with Gasteiger partial charge in [-0.05, 0) is 61.2 Å². The summed E-state index contributed by atoms with van der Waals surface area (Å²) in [5, 5.41) is 4.87. The number of rotatable bonds is 4. The van der Waals surface area contributed by atoms with Crippen LogP contribution >= 0.6 is 23.2 Å². The number of hydrogen-bond acceptors (Lipinski definition) is 2. The number of aryl methyl sites for hydroxylation is 1. The maximum absolute atomic E-state index is 12.3. The lowest BCUT2D eigenvalue weighted by Crippen LogP contribution is -2.18. The highest BCUT2D eigenvalue weighted by Gasteiger charge is 2.15. The Bertz CT molecular complexity index is 1110. The number of amides is 1. The van der Waals surface area contributed by atoms with E-state index in [4.69, 9.17) is 23.2 Å². The Balaban J connectivity index is 1.79. The van der Waals surface area contributed by atoms with Gasteiger partial charge in [0.2, 0.25) is 0 Å². The summed E-state index contributed by atoms with van der Waals surface area (Å²) in [6.45, 7) is 10.7. The molecule has 30 heavy (non-hydrogen) atoms. The third kappa shape index (κ3) is 4.77. The molecule has 0 aliphatic heterocycles. The summed E-state index contributed by atoms with van der Waals surface area (Å²) in [7, 11) is 0. The van der Waals surface area contributed by atoms with E-state index in [1.807, 2.05) is 19.9 Å². The number of carbonyl (C=O) groups excluding carboxylic acids is 1. The molecule has 0 saturated carbocycles. The Morgan fingerprint density at radius 3 is 2.30 bits per heavy atom. The molecule has 4 nitrogen and oxygen atoms in total. The second-order valence-corrected chi connectivity index (χ2v) is 9.13. The summed E-state index contributed by atoms with van der Waals surface area (Å²) in [6.07, 6.45) is 1.64. The fourth-order valence-corrected chi connectivity index (χ4v) is 3.81. The molecule has 1 heterocycles. The molecule has 6 heteroatoms. The van der Waals surface area contributed by atoms with Gasteiger partial charge in [-0.2, -0.15) is 5.10 Å². The van der Waals surface area contributed by atoms with Crippen LogP contribution in [0.4, 0.5) is 0 Å². The van der Waals surface area contributed by atoms with Gasteiger partial charge in [-0.1, -0.05) is 56.1 Å². The molecule has 156 valence electrons. The molecule has 0 unspecified atom stereocenters. The molecular formula is C24H25Cl2N3O. The Hall–Kier alpha value is -2.56. The quantitative estimate of drug-likeness (QED) is 0.366. The number of aromatic nitrogens is 1. The van der Waals surface area contributed by atoms with Gasteiger partial charge in [0, 0.05) is 27.7 Å². The largest absolute Gasteiger partial charge is 0.318 e. The first-order valence-corrected chi connectivity index (χ1v) is 10.4. The van der Waals surface area contributed by atoms with E-state index in [1.54, 1.807) is 18.3 Å². The summed E-state index contributed by atoms with van der Waals surface area (Å²) in [4.78, 5) is 12.3. The van der Waals surface area contributed by atoms with Gasteiger partial charge in [-0.15, -0.1) is 0 Å². The van der Waals surface area contributed by atoms with Crippen LogP contribution in [0.5, 0.6) is 0 Å². The van der Waals surface area contributed by atoms with Crippen molar-refractivity contribution in [1.82, 2.24) is 9.99 Å². The molecule has 1 N–H and O–H groups in total. The zero-order chi connectivity index (χ0) is 22.1. The Labute approximate surface area is 187 Å². The van der Waals surface area contributed by atoms with Crippen molar-refractivity contribution < 1.29 is 4.79 Å². The molecule has 0 fully saturated rings. The first-order valence-electron chi connectivity index (χ1n) is 9.66. The van der Waals surface area contributed by atoms with E-state index in [0.29, 0.717) is 10.6 Å². The summed E-state index contributed by atoms with van der Waals surface area (Å²) in [5.41, 5.74) is 8.39. The van der Waals surface area contributed by atoms with Crippen molar-refractivity contribution in [2.45, 2.75) is 40.0 Å². The summed E-state index contributed by atoms with van der Waals surface area (Å²) in [5.74, 6) is -0.389. The first kappa shape index (κ1) is 22.1. The lowest BCUT2D eigenvalue weighted by Gasteiger charge is -2.20. The van der Waals surface area contributed by atoms with Gasteiger partial charge in [0.05, 0.1) is 16.8 Å². The zero-order valence-corrected chi connectivity index (χ0v) is 19.3. The van der Waals surface area contributed by atoms with E-state index in [2.05, 4.69) is 60.1 Å². The maximum Gasteiger partial charge on any atom is 0.272 e. The normalized spacial score (nSPS) is 11.8. The predicted molar refractivity (Wildman–Crippen MR) is 125 cm³/mol. The molecule has 0 aliphatic carbocycles. The highest BCUT2D eigenvalue weighted by atomic mass is 35.5. The fourth-order valence-electron chi connectivity index (χ4n) is 3.32. The van der Waals surface area contributed by atoms with E-state index < -0.39 is 0 Å². The van der Waals surface area contributed by atoms with Crippen LogP contribution in [0.1, 0.15) is 53.6 Å². The lowest BCUT2D eigenvalue weighted by atomic mass is 9.87. The maximum atomic E-state index is 12.3. The van der Waals surface area contributed by atoms with Crippen LogP contribution in [0.3, 0.4) is 0 Å². The lowest BCUT2D eigenvalue weighted by molar-refractivity contribution is 0.0955. The average molecular weight is 442 g/mol. The molecule has 0 spiro atoms. The third-order valence-corrected chi connectivity index (χ3v) is 5.56. The van der Waals surface area contributed by atoms with Gasteiger partial charge in [0.1, 0.15) is 0 Å². The third-order valence-electron chi connectivity index (χ3n) is 5.01. The van der Waals surface area contributed by atoms with Crippen LogP contribution < -0.4 is 5.43 Å². The number of halogens is 2. The van der Waals surface area contributed by atoms with Crippen LogP contribution in [0.25, 0.3) is 5.69 Å². The zero-order valence-electron chi connectivity index (χ0n) is 17.8. The molecule has 1 aromatic heterocycles.